The molecular formula is C26H31N3O4. The minimum absolute atomic E-state index is 0.173. The Kier molecular flexibility index (Phi) is 5.76. The number of hydrogen-bond donors (Lipinski definition) is 0. The summed E-state index contributed by atoms with van der Waals surface area (Å²) in [6.45, 7) is 8.81. The molecule has 174 valence electrons. The van der Waals surface area contributed by atoms with Gasteiger partial charge in [-0.25, -0.2) is 0 Å². The highest BCUT2D eigenvalue weighted by atomic mass is 16.7. The number of Topliss-reactive ketones (excluding diaryl/α,β-unsaturated/α-hetero) is 1. The maximum Gasteiger partial charge on any atom is 0.231 e. The number of ketones is 1. The van der Waals surface area contributed by atoms with Gasteiger partial charge in [0.25, 0.3) is 0 Å². The molecule has 0 radical (unpaired) electrons. The molecule has 0 saturated carbocycles. The molecule has 5 rings (SSSR count). The quantitative estimate of drug-likeness (QED) is 0.536. The van der Waals surface area contributed by atoms with E-state index in [1.807, 2.05) is 45.2 Å². The summed E-state index contributed by atoms with van der Waals surface area (Å²) in [5.74, 6) is 2.59. The smallest absolute Gasteiger partial charge is 0.231 e. The van der Waals surface area contributed by atoms with Crippen LogP contribution in [0.5, 0.6) is 17.2 Å². The first kappa shape index (κ1) is 21.8. The summed E-state index contributed by atoms with van der Waals surface area (Å²) in [7, 11) is 3.67. The Morgan fingerprint density at radius 2 is 1.82 bits per heavy atom. The molecule has 0 aliphatic carbocycles. The second-order valence-corrected chi connectivity index (χ2v) is 8.94. The average molecular weight is 450 g/mol. The van der Waals surface area contributed by atoms with Gasteiger partial charge in [-0.3, -0.25) is 14.6 Å². The predicted octanol–water partition coefficient (Wildman–Crippen LogP) is 3.61. The molecule has 1 saturated heterocycles. The summed E-state index contributed by atoms with van der Waals surface area (Å²) >= 11 is 0. The first-order valence-corrected chi connectivity index (χ1v) is 11.5. The highest BCUT2D eigenvalue weighted by Crippen LogP contribution is 2.33. The molecule has 1 atom stereocenters. The molecule has 2 aliphatic rings. The number of carbonyl (C=O) groups is 1. The van der Waals surface area contributed by atoms with E-state index >= 15 is 0 Å². The number of ether oxygens (including phenoxy) is 3. The molecule has 3 aromatic rings. The molecule has 0 amide bonds. The Morgan fingerprint density at radius 3 is 2.58 bits per heavy atom. The van der Waals surface area contributed by atoms with E-state index < -0.39 is 0 Å². The van der Waals surface area contributed by atoms with Gasteiger partial charge in [0.2, 0.25) is 6.79 Å². The van der Waals surface area contributed by atoms with E-state index in [9.17, 15) is 4.79 Å². The van der Waals surface area contributed by atoms with Gasteiger partial charge in [-0.1, -0.05) is 6.07 Å². The third kappa shape index (κ3) is 3.96. The highest BCUT2D eigenvalue weighted by Gasteiger charge is 2.30. The van der Waals surface area contributed by atoms with E-state index in [2.05, 4.69) is 26.5 Å². The van der Waals surface area contributed by atoms with Crippen molar-refractivity contribution < 1.29 is 19.0 Å². The fourth-order valence-corrected chi connectivity index (χ4v) is 4.97. The fourth-order valence-electron chi connectivity index (χ4n) is 4.97. The number of benzene rings is 2. The summed E-state index contributed by atoms with van der Waals surface area (Å²) in [6.07, 6.45) is 0. The number of aromatic nitrogens is 1. The standard InChI is InChI=1S/C26H31N3O4/c1-17-25(21-14-20(31-4)6-7-22(21)27(17)3)26(30)18(2)29-11-9-28(10-12-29)15-19-5-8-23-24(13-19)33-16-32-23/h5-8,13-14,18H,9-12,15-16H2,1-4H3/t18-/m0/s1. The number of rotatable bonds is 6. The molecule has 0 bridgehead atoms. The molecule has 33 heavy (non-hydrogen) atoms. The van der Waals surface area contributed by atoms with Gasteiger partial charge in [-0.15, -0.1) is 0 Å². The number of carbonyl (C=O) groups excluding carboxylic acids is 1. The van der Waals surface area contributed by atoms with Gasteiger partial charge in [0.15, 0.2) is 17.3 Å². The molecular weight excluding hydrogens is 418 g/mol. The lowest BCUT2D eigenvalue weighted by molar-refractivity contribution is 0.0688. The van der Waals surface area contributed by atoms with Crippen molar-refractivity contribution in [1.82, 2.24) is 14.4 Å². The average Bonchev–Trinajstić information content (AvgIpc) is 3.40. The lowest BCUT2D eigenvalue weighted by Crippen LogP contribution is -2.51. The second kappa shape index (κ2) is 8.72. The Morgan fingerprint density at radius 1 is 1.06 bits per heavy atom. The number of aryl methyl sites for hydroxylation is 1. The number of nitrogens with zero attached hydrogens (tertiary/aromatic N) is 3. The zero-order valence-electron chi connectivity index (χ0n) is 19.8. The molecule has 0 N–H and O–H groups in total. The van der Waals surface area contributed by atoms with Crippen molar-refractivity contribution in [1.29, 1.82) is 0 Å². The zero-order valence-corrected chi connectivity index (χ0v) is 19.8. The Hall–Kier alpha value is -3.03. The molecule has 2 aromatic carbocycles. The number of fused-ring (bicyclic) bond motifs is 2. The molecule has 1 aromatic heterocycles. The topological polar surface area (TPSA) is 56.2 Å². The number of piperazine rings is 1. The van der Waals surface area contributed by atoms with Crippen LogP contribution in [0.2, 0.25) is 0 Å². The third-order valence-electron chi connectivity index (χ3n) is 7.12. The first-order valence-electron chi connectivity index (χ1n) is 11.5. The fraction of sp³-hybridized carbons (Fsp3) is 0.423. The first-order chi connectivity index (χ1) is 16.0. The summed E-state index contributed by atoms with van der Waals surface area (Å²) in [5.41, 5.74) is 4.08. The van der Waals surface area contributed by atoms with Crippen molar-refractivity contribution >= 4 is 16.7 Å². The Balaban J connectivity index is 1.27. The van der Waals surface area contributed by atoms with Crippen LogP contribution in [0.3, 0.4) is 0 Å². The van der Waals surface area contributed by atoms with Crippen LogP contribution < -0.4 is 14.2 Å². The Bertz CT molecular complexity index is 1190. The van der Waals surface area contributed by atoms with Gasteiger partial charge in [0, 0.05) is 61.9 Å². The van der Waals surface area contributed by atoms with E-state index in [1.165, 1.54) is 5.56 Å². The summed E-state index contributed by atoms with van der Waals surface area (Å²) in [5, 5.41) is 0.965. The normalized spacial score (nSPS) is 17.5. The third-order valence-corrected chi connectivity index (χ3v) is 7.12. The van der Waals surface area contributed by atoms with Crippen molar-refractivity contribution in [3.8, 4) is 17.2 Å². The van der Waals surface area contributed by atoms with E-state index in [1.54, 1.807) is 7.11 Å². The van der Waals surface area contributed by atoms with E-state index in [4.69, 9.17) is 14.2 Å². The van der Waals surface area contributed by atoms with Gasteiger partial charge in [0.1, 0.15) is 5.75 Å². The minimum Gasteiger partial charge on any atom is -0.497 e. The van der Waals surface area contributed by atoms with E-state index in [0.717, 1.165) is 72.1 Å². The van der Waals surface area contributed by atoms with Crippen molar-refractivity contribution in [3.63, 3.8) is 0 Å². The predicted molar refractivity (Wildman–Crippen MR) is 127 cm³/mol. The Labute approximate surface area is 194 Å². The lowest BCUT2D eigenvalue weighted by atomic mass is 10.00. The van der Waals surface area contributed by atoms with Crippen LogP contribution >= 0.6 is 0 Å². The van der Waals surface area contributed by atoms with Crippen LogP contribution in [-0.4, -0.2) is 66.3 Å². The van der Waals surface area contributed by atoms with Crippen molar-refractivity contribution in [2.45, 2.75) is 26.4 Å². The molecule has 1 fully saturated rings. The van der Waals surface area contributed by atoms with Gasteiger partial charge in [0.05, 0.1) is 13.2 Å². The van der Waals surface area contributed by atoms with Crippen molar-refractivity contribution in [2.75, 3.05) is 40.1 Å². The number of hydrogen-bond acceptors (Lipinski definition) is 6. The second-order valence-electron chi connectivity index (χ2n) is 8.94. The van der Waals surface area contributed by atoms with Crippen molar-refractivity contribution in [3.05, 3.63) is 53.2 Å². The van der Waals surface area contributed by atoms with Crippen LogP contribution in [0.4, 0.5) is 0 Å². The van der Waals surface area contributed by atoms with Gasteiger partial charge >= 0.3 is 0 Å². The van der Waals surface area contributed by atoms with Crippen molar-refractivity contribution in [2.24, 2.45) is 7.05 Å². The van der Waals surface area contributed by atoms with Crippen LogP contribution in [0.1, 0.15) is 28.5 Å². The van der Waals surface area contributed by atoms with Gasteiger partial charge in [-0.05, 0) is 49.7 Å². The maximum absolute atomic E-state index is 13.6. The zero-order chi connectivity index (χ0) is 23.1. The highest BCUT2D eigenvalue weighted by molar-refractivity contribution is 6.12. The summed E-state index contributed by atoms with van der Waals surface area (Å²) < 4.78 is 18.4. The van der Waals surface area contributed by atoms with Gasteiger partial charge < -0.3 is 18.8 Å². The molecule has 7 heteroatoms. The number of methoxy groups -OCH3 is 1. The van der Waals surface area contributed by atoms with E-state index in [-0.39, 0.29) is 11.8 Å². The summed E-state index contributed by atoms with van der Waals surface area (Å²) in [6, 6.07) is 11.9. The monoisotopic (exact) mass is 449 g/mol. The van der Waals surface area contributed by atoms with Crippen LogP contribution in [0.15, 0.2) is 36.4 Å². The molecule has 7 nitrogen and oxygen atoms in total. The lowest BCUT2D eigenvalue weighted by Gasteiger charge is -2.37. The van der Waals surface area contributed by atoms with Crippen LogP contribution in [0, 0.1) is 6.92 Å². The molecule has 2 aliphatic heterocycles. The van der Waals surface area contributed by atoms with Crippen LogP contribution in [0.25, 0.3) is 10.9 Å². The minimum atomic E-state index is -0.173. The maximum atomic E-state index is 13.6. The van der Waals surface area contributed by atoms with Crippen LogP contribution in [-0.2, 0) is 13.6 Å². The van der Waals surface area contributed by atoms with E-state index in [0.29, 0.717) is 6.79 Å². The molecule has 3 heterocycles. The summed E-state index contributed by atoms with van der Waals surface area (Å²) in [4.78, 5) is 18.4. The molecule has 0 unspecified atom stereocenters. The molecule has 0 spiro atoms. The SMILES string of the molecule is COc1ccc2c(c1)c(C(=O)[C@H](C)N1CCN(Cc3ccc4c(c3)OCO4)CC1)c(C)n2C. The van der Waals surface area contributed by atoms with Gasteiger partial charge in [-0.2, -0.15) is 0 Å². The largest absolute Gasteiger partial charge is 0.497 e.